The summed E-state index contributed by atoms with van der Waals surface area (Å²) in [6, 6.07) is 0. The maximum atomic E-state index is 6.54. The van der Waals surface area contributed by atoms with Crippen LogP contribution in [0, 0.1) is 11.8 Å². The molecule has 1 saturated carbocycles. The quantitative estimate of drug-likeness (QED) is 0.496. The van der Waals surface area contributed by atoms with E-state index in [0.717, 1.165) is 0 Å². The minimum atomic E-state index is -1.61. The summed E-state index contributed by atoms with van der Waals surface area (Å²) < 4.78 is 3.72. The molecule has 102 valence electrons. The van der Waals surface area contributed by atoms with Crippen LogP contribution in [0.15, 0.2) is 10.1 Å². The highest BCUT2D eigenvalue weighted by atomic mass is 35.5. The van der Waals surface area contributed by atoms with Crippen LogP contribution >= 0.6 is 92.8 Å². The van der Waals surface area contributed by atoms with Gasteiger partial charge in [0.2, 0.25) is 0 Å². The number of rotatable bonds is 0. The maximum Gasteiger partial charge on any atom is 0.167 e. The van der Waals surface area contributed by atoms with Gasteiger partial charge in [-0.2, -0.15) is 0 Å². The van der Waals surface area contributed by atoms with Gasteiger partial charge in [-0.1, -0.05) is 69.6 Å². The molecular formula is C9H4Cl8O. The monoisotopic (exact) mass is 408 g/mol. The molecule has 0 unspecified atom stereocenters. The average Bonchev–Trinajstić information content (AvgIpc) is 2.68. The fraction of sp³-hybridized carbons (Fsp3) is 0.778. The molecule has 3 aliphatic rings. The van der Waals surface area contributed by atoms with E-state index in [4.69, 9.17) is 97.5 Å². The summed E-state index contributed by atoms with van der Waals surface area (Å²) in [4.78, 5) is -2.81. The number of ether oxygens (including phenoxy) is 1. The SMILES string of the molecule is ClC1=C(Cl)[C@@]2(Cl)[C@H]3[C@@H]([C@H](Cl)O[C@@H]3Cl)[C@@]1(Cl)C2(Cl)Cl. The maximum absolute atomic E-state index is 6.54. The van der Waals surface area contributed by atoms with Crippen LogP contribution in [0.5, 0.6) is 0 Å². The van der Waals surface area contributed by atoms with Gasteiger partial charge >= 0.3 is 0 Å². The predicted octanol–water partition coefficient (Wildman–Crippen LogP) is 5.22. The number of hydrogen-bond donors (Lipinski definition) is 0. The molecule has 1 saturated heterocycles. The van der Waals surface area contributed by atoms with E-state index in [-0.39, 0.29) is 10.1 Å². The highest BCUT2D eigenvalue weighted by molar-refractivity contribution is 6.66. The molecule has 1 nitrogen and oxygen atoms in total. The first-order valence-electron chi connectivity index (χ1n) is 4.87. The molecule has 2 aliphatic carbocycles. The van der Waals surface area contributed by atoms with E-state index in [1.54, 1.807) is 0 Å². The molecule has 2 fully saturated rings. The Morgan fingerprint density at radius 1 is 0.778 bits per heavy atom. The fourth-order valence-electron chi connectivity index (χ4n) is 3.05. The highest BCUT2D eigenvalue weighted by Gasteiger charge is 2.86. The standard InChI is InChI=1S/C9H4Cl8O/c10-3-4(11)8(15)2-1(5(12)18-6(2)13)7(3,14)9(8,16)17/h1-2,5-6H/t1-,2-,5-,6+,7-,8-/m0/s1. The number of halogens is 8. The molecule has 9 heteroatoms. The normalized spacial score (nSPS) is 57.3. The van der Waals surface area contributed by atoms with Crippen LogP contribution in [0.25, 0.3) is 0 Å². The van der Waals surface area contributed by atoms with Crippen molar-refractivity contribution in [3.63, 3.8) is 0 Å². The molecule has 1 heterocycles. The van der Waals surface area contributed by atoms with Gasteiger partial charge in [0.05, 0.1) is 10.1 Å². The van der Waals surface area contributed by atoms with Crippen LogP contribution in [0.2, 0.25) is 0 Å². The van der Waals surface area contributed by atoms with Gasteiger partial charge in [0.15, 0.2) is 4.33 Å². The van der Waals surface area contributed by atoms with Crippen molar-refractivity contribution in [3.8, 4) is 0 Å². The molecule has 0 aromatic heterocycles. The minimum Gasteiger partial charge on any atom is -0.343 e. The molecule has 0 radical (unpaired) electrons. The Labute approximate surface area is 143 Å². The predicted molar refractivity (Wildman–Crippen MR) is 77.7 cm³/mol. The van der Waals surface area contributed by atoms with Gasteiger partial charge < -0.3 is 4.74 Å². The first kappa shape index (κ1) is 14.9. The topological polar surface area (TPSA) is 9.23 Å². The summed E-state index contributed by atoms with van der Waals surface area (Å²) in [7, 11) is 0. The third-order valence-electron chi connectivity index (χ3n) is 3.88. The molecule has 18 heavy (non-hydrogen) atoms. The van der Waals surface area contributed by atoms with E-state index in [1.807, 2.05) is 0 Å². The number of fused-ring (bicyclic) bond motifs is 5. The molecule has 0 amide bonds. The summed E-state index contributed by atoms with van der Waals surface area (Å²) in [6.45, 7) is 0. The highest BCUT2D eigenvalue weighted by Crippen LogP contribution is 2.79. The fourth-order valence-corrected chi connectivity index (χ4v) is 7.18. The van der Waals surface area contributed by atoms with Crippen molar-refractivity contribution in [2.24, 2.45) is 11.8 Å². The Hall–Kier alpha value is 2.02. The van der Waals surface area contributed by atoms with Crippen molar-refractivity contribution in [3.05, 3.63) is 10.1 Å². The van der Waals surface area contributed by atoms with E-state index >= 15 is 0 Å². The second-order valence-electron chi connectivity index (χ2n) is 4.52. The lowest BCUT2D eigenvalue weighted by Crippen LogP contribution is -2.47. The van der Waals surface area contributed by atoms with E-state index in [0.29, 0.717) is 0 Å². The largest absolute Gasteiger partial charge is 0.343 e. The third kappa shape index (κ3) is 1.27. The average molecular weight is 412 g/mol. The van der Waals surface area contributed by atoms with Gasteiger partial charge in [0, 0.05) is 11.8 Å². The summed E-state index contributed by atoms with van der Waals surface area (Å²) >= 11 is 50.3. The van der Waals surface area contributed by atoms with Crippen LogP contribution in [0.1, 0.15) is 0 Å². The van der Waals surface area contributed by atoms with Crippen LogP contribution in [0.4, 0.5) is 0 Å². The van der Waals surface area contributed by atoms with Gasteiger partial charge in [-0.15, -0.1) is 23.2 Å². The Morgan fingerprint density at radius 2 is 1.11 bits per heavy atom. The van der Waals surface area contributed by atoms with Crippen LogP contribution in [-0.4, -0.2) is 25.2 Å². The summed E-state index contributed by atoms with van der Waals surface area (Å²) in [5.74, 6) is -1.04. The van der Waals surface area contributed by atoms with Crippen LogP contribution in [-0.2, 0) is 4.74 Å². The summed E-state index contributed by atoms with van der Waals surface area (Å²) in [5, 5.41) is 0.208. The van der Waals surface area contributed by atoms with Gasteiger partial charge in [0.1, 0.15) is 20.9 Å². The van der Waals surface area contributed by atoms with Gasteiger partial charge in [-0.05, 0) is 0 Å². The Balaban J connectivity index is 2.30. The van der Waals surface area contributed by atoms with Crippen molar-refractivity contribution >= 4 is 92.8 Å². The lowest BCUT2D eigenvalue weighted by molar-refractivity contribution is 0.112. The van der Waals surface area contributed by atoms with Crippen molar-refractivity contribution in [2.75, 3.05) is 0 Å². The molecule has 0 aromatic carbocycles. The van der Waals surface area contributed by atoms with Gasteiger partial charge in [-0.3, -0.25) is 0 Å². The zero-order valence-electron chi connectivity index (χ0n) is 8.24. The van der Waals surface area contributed by atoms with E-state index in [1.165, 1.54) is 0 Å². The van der Waals surface area contributed by atoms with Crippen LogP contribution in [0.3, 0.4) is 0 Å². The van der Waals surface area contributed by atoms with E-state index in [9.17, 15) is 0 Å². The summed E-state index contributed by atoms with van der Waals surface area (Å²) in [5.41, 5.74) is -1.57. The van der Waals surface area contributed by atoms with Gasteiger partial charge in [-0.25, -0.2) is 0 Å². The zero-order valence-corrected chi connectivity index (χ0v) is 14.3. The molecule has 6 atom stereocenters. The van der Waals surface area contributed by atoms with E-state index < -0.39 is 37.0 Å². The molecule has 0 spiro atoms. The molecule has 2 bridgehead atoms. The van der Waals surface area contributed by atoms with Crippen LogP contribution < -0.4 is 0 Å². The Morgan fingerprint density at radius 3 is 1.44 bits per heavy atom. The Kier molecular flexibility index (Phi) is 3.37. The number of hydrogen-bond acceptors (Lipinski definition) is 1. The minimum absolute atomic E-state index is 0.104. The lowest BCUT2D eigenvalue weighted by Gasteiger charge is -2.34. The first-order chi connectivity index (χ1) is 8.11. The summed E-state index contributed by atoms with van der Waals surface area (Å²) in [6.07, 6.45) is 0. The van der Waals surface area contributed by atoms with Crippen molar-refractivity contribution < 1.29 is 4.74 Å². The number of allylic oxidation sites excluding steroid dienone is 2. The smallest absolute Gasteiger partial charge is 0.167 e. The molecule has 1 aliphatic heterocycles. The second kappa shape index (κ2) is 4.06. The van der Waals surface area contributed by atoms with Crippen molar-refractivity contribution in [2.45, 2.75) is 25.2 Å². The zero-order chi connectivity index (χ0) is 13.7. The molecule has 0 N–H and O–H groups in total. The Bertz CT molecular complexity index is 425. The number of alkyl halides is 6. The van der Waals surface area contributed by atoms with Gasteiger partial charge in [0.25, 0.3) is 0 Å². The second-order valence-corrected chi connectivity index (χ2v) is 8.65. The first-order valence-corrected chi connectivity index (χ1v) is 8.01. The molecule has 0 aromatic rings. The van der Waals surface area contributed by atoms with Crippen molar-refractivity contribution in [1.82, 2.24) is 0 Å². The lowest BCUT2D eigenvalue weighted by atomic mass is 9.84. The van der Waals surface area contributed by atoms with Crippen molar-refractivity contribution in [1.29, 1.82) is 0 Å². The molecule has 3 rings (SSSR count). The van der Waals surface area contributed by atoms with E-state index in [2.05, 4.69) is 0 Å². The molecular weight excluding hydrogens is 408 g/mol. The third-order valence-corrected chi connectivity index (χ3v) is 8.92.